The highest BCUT2D eigenvalue weighted by Gasteiger charge is 2.24. The summed E-state index contributed by atoms with van der Waals surface area (Å²) in [5.74, 6) is 1.84. The maximum absolute atomic E-state index is 14.3. The van der Waals surface area contributed by atoms with E-state index in [9.17, 15) is 4.39 Å². The fraction of sp³-hybridized carbons (Fsp3) is 0.412. The van der Waals surface area contributed by atoms with Gasteiger partial charge in [-0.1, -0.05) is 19.9 Å². The number of halogens is 1. The molecule has 1 heterocycles. The minimum absolute atomic E-state index is 0.294. The van der Waals surface area contributed by atoms with Gasteiger partial charge in [0, 0.05) is 6.42 Å². The molecule has 0 spiro atoms. The first kappa shape index (κ1) is 15.6. The lowest BCUT2D eigenvalue weighted by Gasteiger charge is -2.20. The van der Waals surface area contributed by atoms with Gasteiger partial charge in [-0.25, -0.2) is 4.39 Å². The van der Waals surface area contributed by atoms with E-state index in [1.165, 1.54) is 6.07 Å². The van der Waals surface area contributed by atoms with Crippen molar-refractivity contribution in [1.29, 1.82) is 0 Å². The van der Waals surface area contributed by atoms with Crippen LogP contribution < -0.4 is 10.1 Å². The zero-order valence-electron chi connectivity index (χ0n) is 12.8. The van der Waals surface area contributed by atoms with Crippen LogP contribution in [0.25, 0.3) is 0 Å². The Bertz CT molecular complexity index is 580. The van der Waals surface area contributed by atoms with Crippen molar-refractivity contribution in [1.82, 2.24) is 5.32 Å². The van der Waals surface area contributed by atoms with Crippen molar-refractivity contribution in [2.45, 2.75) is 32.7 Å². The molecule has 0 aliphatic carbocycles. The average Bonchev–Trinajstić information content (AvgIpc) is 2.97. The quantitative estimate of drug-likeness (QED) is 0.834. The molecule has 2 rings (SSSR count). The van der Waals surface area contributed by atoms with Gasteiger partial charge in [0.05, 0.1) is 18.7 Å². The number of aryl methyl sites for hydroxylation is 1. The van der Waals surface area contributed by atoms with Gasteiger partial charge in [0.25, 0.3) is 0 Å². The van der Waals surface area contributed by atoms with Crippen LogP contribution in [0.3, 0.4) is 0 Å². The van der Waals surface area contributed by atoms with E-state index in [1.807, 2.05) is 19.1 Å². The van der Waals surface area contributed by atoms with Crippen molar-refractivity contribution < 1.29 is 13.5 Å². The first-order chi connectivity index (χ1) is 10.2. The third kappa shape index (κ3) is 3.45. The third-order valence-corrected chi connectivity index (χ3v) is 3.44. The van der Waals surface area contributed by atoms with Crippen molar-refractivity contribution in [2.75, 3.05) is 13.7 Å². The molecule has 0 radical (unpaired) electrons. The van der Waals surface area contributed by atoms with Crippen LogP contribution in [-0.4, -0.2) is 13.7 Å². The molecular formula is C17H22FNO2. The van der Waals surface area contributed by atoms with E-state index in [1.54, 1.807) is 19.2 Å². The molecule has 0 saturated heterocycles. The molecule has 0 saturated carbocycles. The number of rotatable bonds is 7. The fourth-order valence-corrected chi connectivity index (χ4v) is 2.35. The molecule has 21 heavy (non-hydrogen) atoms. The number of nitrogens with one attached hydrogen (secondary N) is 1. The molecule has 114 valence electrons. The van der Waals surface area contributed by atoms with Crippen LogP contribution in [-0.2, 0) is 6.42 Å². The summed E-state index contributed by atoms with van der Waals surface area (Å²) in [6.07, 6.45) is 1.77. The van der Waals surface area contributed by atoms with Crippen LogP contribution in [0.15, 0.2) is 34.7 Å². The number of hydrogen-bond acceptors (Lipinski definition) is 3. The fourth-order valence-electron chi connectivity index (χ4n) is 2.35. The highest BCUT2D eigenvalue weighted by molar-refractivity contribution is 5.40. The maximum Gasteiger partial charge on any atom is 0.132 e. The molecule has 4 heteroatoms. The zero-order chi connectivity index (χ0) is 15.2. The van der Waals surface area contributed by atoms with Crippen LogP contribution in [0, 0.1) is 5.82 Å². The van der Waals surface area contributed by atoms with Gasteiger partial charge in [-0.2, -0.15) is 0 Å². The summed E-state index contributed by atoms with van der Waals surface area (Å²) in [7, 11) is 1.55. The van der Waals surface area contributed by atoms with E-state index in [-0.39, 0.29) is 11.9 Å². The predicted molar refractivity (Wildman–Crippen MR) is 81.2 cm³/mol. The molecule has 1 unspecified atom stereocenters. The highest BCUT2D eigenvalue weighted by Crippen LogP contribution is 2.33. The Morgan fingerprint density at radius 1 is 1.24 bits per heavy atom. The van der Waals surface area contributed by atoms with Gasteiger partial charge >= 0.3 is 0 Å². The standard InChI is InChI=1S/C17H22FNO2/c1-4-11-19-17(15-10-9-12(5-2)21-15)16-13(18)7-6-8-14(16)20-3/h6-10,17,19H,4-5,11H2,1-3H3. The monoisotopic (exact) mass is 291 g/mol. The number of ether oxygens (including phenoxy) is 1. The van der Waals surface area contributed by atoms with E-state index in [4.69, 9.17) is 9.15 Å². The molecule has 0 fully saturated rings. The molecule has 0 aliphatic rings. The number of hydrogen-bond donors (Lipinski definition) is 1. The lowest BCUT2D eigenvalue weighted by Crippen LogP contribution is -2.24. The molecule has 1 atom stereocenters. The predicted octanol–water partition coefficient (Wildman–Crippen LogP) is 4.08. The first-order valence-electron chi connectivity index (χ1n) is 7.35. The van der Waals surface area contributed by atoms with Gasteiger partial charge in [-0.3, -0.25) is 0 Å². The third-order valence-electron chi connectivity index (χ3n) is 3.44. The van der Waals surface area contributed by atoms with Gasteiger partial charge < -0.3 is 14.5 Å². The van der Waals surface area contributed by atoms with Gasteiger partial charge in [0.15, 0.2) is 0 Å². The Balaban J connectivity index is 2.44. The Labute approximate surface area is 125 Å². The number of benzene rings is 1. The van der Waals surface area contributed by atoms with E-state index in [0.29, 0.717) is 17.1 Å². The van der Waals surface area contributed by atoms with Crippen molar-refractivity contribution in [2.24, 2.45) is 0 Å². The van der Waals surface area contributed by atoms with Crippen LogP contribution in [0.1, 0.15) is 43.4 Å². The summed E-state index contributed by atoms with van der Waals surface area (Å²) >= 11 is 0. The Hall–Kier alpha value is -1.81. The SMILES string of the molecule is CCCNC(c1ccc(CC)o1)c1c(F)cccc1OC. The minimum atomic E-state index is -0.346. The summed E-state index contributed by atoms with van der Waals surface area (Å²) in [6, 6.07) is 8.35. The van der Waals surface area contributed by atoms with Gasteiger partial charge in [-0.15, -0.1) is 0 Å². The van der Waals surface area contributed by atoms with Crippen molar-refractivity contribution in [3.63, 3.8) is 0 Å². The smallest absolute Gasteiger partial charge is 0.132 e. The molecule has 0 bridgehead atoms. The van der Waals surface area contributed by atoms with Crippen molar-refractivity contribution in [3.05, 3.63) is 53.2 Å². The lowest BCUT2D eigenvalue weighted by molar-refractivity contribution is 0.377. The second-order valence-corrected chi connectivity index (χ2v) is 4.90. The topological polar surface area (TPSA) is 34.4 Å². The molecule has 1 N–H and O–H groups in total. The molecule has 1 aromatic carbocycles. The van der Waals surface area contributed by atoms with Gasteiger partial charge in [0.1, 0.15) is 23.1 Å². The lowest BCUT2D eigenvalue weighted by atomic mass is 10.0. The minimum Gasteiger partial charge on any atom is -0.496 e. The van der Waals surface area contributed by atoms with Gasteiger partial charge in [0.2, 0.25) is 0 Å². The summed E-state index contributed by atoms with van der Waals surface area (Å²) in [4.78, 5) is 0. The average molecular weight is 291 g/mol. The molecular weight excluding hydrogens is 269 g/mol. The number of furan rings is 1. The largest absolute Gasteiger partial charge is 0.496 e. The van der Waals surface area contributed by atoms with Crippen LogP contribution in [0.5, 0.6) is 5.75 Å². The summed E-state index contributed by atoms with van der Waals surface area (Å²) in [5.41, 5.74) is 0.491. The summed E-state index contributed by atoms with van der Waals surface area (Å²) < 4.78 is 25.5. The van der Waals surface area contributed by atoms with E-state index in [2.05, 4.69) is 12.2 Å². The van der Waals surface area contributed by atoms with Crippen LogP contribution >= 0.6 is 0 Å². The van der Waals surface area contributed by atoms with Crippen LogP contribution in [0.2, 0.25) is 0 Å². The summed E-state index contributed by atoms with van der Waals surface area (Å²) in [5, 5.41) is 3.34. The van der Waals surface area contributed by atoms with Gasteiger partial charge in [-0.05, 0) is 37.2 Å². The molecule has 0 amide bonds. The highest BCUT2D eigenvalue weighted by atomic mass is 19.1. The second-order valence-electron chi connectivity index (χ2n) is 4.90. The maximum atomic E-state index is 14.3. The normalized spacial score (nSPS) is 12.4. The van der Waals surface area contributed by atoms with E-state index < -0.39 is 0 Å². The van der Waals surface area contributed by atoms with Crippen LogP contribution in [0.4, 0.5) is 4.39 Å². The molecule has 1 aromatic heterocycles. The second kappa shape index (κ2) is 7.27. The van der Waals surface area contributed by atoms with E-state index in [0.717, 1.165) is 25.1 Å². The Morgan fingerprint density at radius 3 is 2.67 bits per heavy atom. The first-order valence-corrected chi connectivity index (χ1v) is 7.35. The Kier molecular flexibility index (Phi) is 5.39. The summed E-state index contributed by atoms with van der Waals surface area (Å²) in [6.45, 7) is 4.87. The molecule has 2 aromatic rings. The zero-order valence-corrected chi connectivity index (χ0v) is 12.8. The van der Waals surface area contributed by atoms with Crippen molar-refractivity contribution >= 4 is 0 Å². The van der Waals surface area contributed by atoms with E-state index >= 15 is 0 Å². The Morgan fingerprint density at radius 2 is 2.05 bits per heavy atom. The van der Waals surface area contributed by atoms with Crippen molar-refractivity contribution in [3.8, 4) is 5.75 Å². The molecule has 3 nitrogen and oxygen atoms in total. The molecule has 0 aliphatic heterocycles. The number of methoxy groups -OCH3 is 1.